The minimum atomic E-state index is -4.42. The van der Waals surface area contributed by atoms with E-state index in [0.29, 0.717) is 30.6 Å². The third-order valence-electron chi connectivity index (χ3n) is 4.35. The number of likely N-dealkylation sites (N-methyl/N-ethyl adjacent to an activating group) is 1. The third-order valence-corrected chi connectivity index (χ3v) is 4.35. The zero-order valence-corrected chi connectivity index (χ0v) is 15.7. The van der Waals surface area contributed by atoms with Gasteiger partial charge in [-0.15, -0.1) is 0 Å². The van der Waals surface area contributed by atoms with Gasteiger partial charge in [-0.2, -0.15) is 13.2 Å². The number of nitrogens with one attached hydrogen (secondary N) is 1. The Morgan fingerprint density at radius 1 is 1.41 bits per heavy atom. The fourth-order valence-corrected chi connectivity index (χ4v) is 2.96. The predicted molar refractivity (Wildman–Crippen MR) is 96.5 cm³/mol. The number of rotatable bonds is 4. The molecule has 0 aliphatic carbocycles. The molecule has 1 N–H and O–H groups in total. The van der Waals surface area contributed by atoms with Crippen LogP contribution in [0.25, 0.3) is 0 Å². The molecule has 1 heterocycles. The van der Waals surface area contributed by atoms with E-state index in [2.05, 4.69) is 10.3 Å². The number of carbonyl (C=O) groups excluding carboxylic acids is 1. The number of aryl methyl sites for hydroxylation is 1. The number of alkyl halides is 3. The molecule has 150 valence electrons. The first-order chi connectivity index (χ1) is 12.7. The molecule has 1 aliphatic heterocycles. The largest absolute Gasteiger partial charge is 0.406 e. The Hall–Kier alpha value is -2.29. The standard InChI is InChI=1S/C18H25F3N4O2/c1-13-6-4-5-7-14(13)15-11-25(8-9-27-15)17(22-2)23-10-16(26)24(3)12-18(19,20)21/h4-7,15H,8-12H2,1-3H3,(H,22,23). The van der Waals surface area contributed by atoms with E-state index >= 15 is 0 Å². The molecule has 1 aliphatic rings. The van der Waals surface area contributed by atoms with E-state index in [1.54, 1.807) is 7.05 Å². The number of ether oxygens (including phenoxy) is 1. The second kappa shape index (κ2) is 9.07. The van der Waals surface area contributed by atoms with E-state index in [4.69, 9.17) is 4.74 Å². The van der Waals surface area contributed by atoms with Gasteiger partial charge in [0.05, 0.1) is 19.7 Å². The van der Waals surface area contributed by atoms with Crippen LogP contribution in [0.3, 0.4) is 0 Å². The predicted octanol–water partition coefficient (Wildman–Crippen LogP) is 1.96. The van der Waals surface area contributed by atoms with Gasteiger partial charge in [-0.1, -0.05) is 24.3 Å². The van der Waals surface area contributed by atoms with Gasteiger partial charge < -0.3 is 19.9 Å². The maximum Gasteiger partial charge on any atom is 0.406 e. The van der Waals surface area contributed by atoms with Crippen LogP contribution in [-0.2, 0) is 9.53 Å². The van der Waals surface area contributed by atoms with Gasteiger partial charge in [0.1, 0.15) is 12.6 Å². The van der Waals surface area contributed by atoms with Crippen molar-refractivity contribution in [3.63, 3.8) is 0 Å². The fraction of sp³-hybridized carbons (Fsp3) is 0.556. The molecule has 1 aromatic carbocycles. The molecule has 9 heteroatoms. The molecule has 1 aromatic rings. The Morgan fingerprint density at radius 2 is 2.11 bits per heavy atom. The van der Waals surface area contributed by atoms with E-state index in [-0.39, 0.29) is 12.6 Å². The van der Waals surface area contributed by atoms with Crippen LogP contribution < -0.4 is 5.32 Å². The van der Waals surface area contributed by atoms with Gasteiger partial charge >= 0.3 is 6.18 Å². The van der Waals surface area contributed by atoms with Gasteiger partial charge in [-0.05, 0) is 18.1 Å². The summed E-state index contributed by atoms with van der Waals surface area (Å²) in [6, 6.07) is 7.94. The summed E-state index contributed by atoms with van der Waals surface area (Å²) in [5, 5.41) is 2.85. The van der Waals surface area contributed by atoms with Crippen molar-refractivity contribution < 1.29 is 22.7 Å². The van der Waals surface area contributed by atoms with Crippen LogP contribution in [0, 0.1) is 6.92 Å². The number of aliphatic imine (C=N–C) groups is 1. The molecule has 27 heavy (non-hydrogen) atoms. The van der Waals surface area contributed by atoms with Crippen LogP contribution in [0.5, 0.6) is 0 Å². The van der Waals surface area contributed by atoms with Gasteiger partial charge in [-0.25, -0.2) is 0 Å². The van der Waals surface area contributed by atoms with Gasteiger partial charge in [0.2, 0.25) is 5.91 Å². The molecule has 1 unspecified atom stereocenters. The number of benzene rings is 1. The molecule has 0 radical (unpaired) electrons. The molecule has 1 fully saturated rings. The minimum Gasteiger partial charge on any atom is -0.370 e. The van der Waals surface area contributed by atoms with Crippen LogP contribution >= 0.6 is 0 Å². The average Bonchev–Trinajstić information content (AvgIpc) is 2.61. The highest BCUT2D eigenvalue weighted by Crippen LogP contribution is 2.25. The van der Waals surface area contributed by atoms with E-state index in [1.807, 2.05) is 36.1 Å². The van der Waals surface area contributed by atoms with Crippen LogP contribution in [0.4, 0.5) is 13.2 Å². The normalized spacial score (nSPS) is 18.4. The quantitative estimate of drug-likeness (QED) is 0.635. The van der Waals surface area contributed by atoms with Crippen molar-refractivity contribution in [1.29, 1.82) is 0 Å². The molecule has 2 rings (SSSR count). The summed E-state index contributed by atoms with van der Waals surface area (Å²) in [4.78, 5) is 18.7. The Morgan fingerprint density at radius 3 is 2.74 bits per heavy atom. The molecular formula is C18H25F3N4O2. The highest BCUT2D eigenvalue weighted by atomic mass is 19.4. The van der Waals surface area contributed by atoms with Crippen molar-refractivity contribution in [3.05, 3.63) is 35.4 Å². The van der Waals surface area contributed by atoms with E-state index in [0.717, 1.165) is 18.2 Å². The van der Waals surface area contributed by atoms with Crippen molar-refractivity contribution in [3.8, 4) is 0 Å². The molecule has 6 nitrogen and oxygen atoms in total. The molecule has 1 saturated heterocycles. The smallest absolute Gasteiger partial charge is 0.370 e. The van der Waals surface area contributed by atoms with Crippen molar-refractivity contribution in [2.45, 2.75) is 19.2 Å². The first-order valence-electron chi connectivity index (χ1n) is 8.64. The number of morpholine rings is 1. The van der Waals surface area contributed by atoms with E-state index < -0.39 is 18.6 Å². The van der Waals surface area contributed by atoms with Gasteiger partial charge in [0, 0.05) is 20.6 Å². The summed E-state index contributed by atoms with van der Waals surface area (Å²) in [5.74, 6) is -0.192. The highest BCUT2D eigenvalue weighted by Gasteiger charge is 2.31. The van der Waals surface area contributed by atoms with Crippen LogP contribution in [0.1, 0.15) is 17.2 Å². The monoisotopic (exact) mass is 386 g/mol. The number of guanidine groups is 1. The number of amides is 1. The van der Waals surface area contributed by atoms with Gasteiger partial charge in [0.15, 0.2) is 5.96 Å². The Kier molecular flexibility index (Phi) is 7.06. The summed E-state index contributed by atoms with van der Waals surface area (Å²) in [5.41, 5.74) is 2.20. The van der Waals surface area contributed by atoms with Crippen molar-refractivity contribution in [2.75, 3.05) is 46.9 Å². The maximum absolute atomic E-state index is 12.4. The number of nitrogens with zero attached hydrogens (tertiary/aromatic N) is 3. The van der Waals surface area contributed by atoms with Crippen LogP contribution in [0.2, 0.25) is 0 Å². The summed E-state index contributed by atoms with van der Waals surface area (Å²) in [7, 11) is 2.70. The van der Waals surface area contributed by atoms with Gasteiger partial charge in [0.25, 0.3) is 0 Å². The molecular weight excluding hydrogens is 361 g/mol. The maximum atomic E-state index is 12.4. The molecule has 0 spiro atoms. The summed E-state index contributed by atoms with van der Waals surface area (Å²) < 4.78 is 43.1. The molecule has 1 amide bonds. The van der Waals surface area contributed by atoms with Crippen LogP contribution in [-0.4, -0.2) is 74.7 Å². The Labute approximate surface area is 157 Å². The zero-order chi connectivity index (χ0) is 20.0. The van der Waals surface area contributed by atoms with E-state index in [1.165, 1.54) is 0 Å². The number of hydrogen-bond acceptors (Lipinski definition) is 3. The summed E-state index contributed by atoms with van der Waals surface area (Å²) in [6.45, 7) is 2.08. The molecule has 0 aromatic heterocycles. The average molecular weight is 386 g/mol. The Bertz CT molecular complexity index is 679. The molecule has 1 atom stereocenters. The van der Waals surface area contributed by atoms with Crippen molar-refractivity contribution in [1.82, 2.24) is 15.1 Å². The van der Waals surface area contributed by atoms with Gasteiger partial charge in [-0.3, -0.25) is 9.79 Å². The summed E-state index contributed by atoms with van der Waals surface area (Å²) in [6.07, 6.45) is -4.56. The zero-order valence-electron chi connectivity index (χ0n) is 15.7. The third kappa shape index (κ3) is 6.13. The van der Waals surface area contributed by atoms with Crippen molar-refractivity contribution >= 4 is 11.9 Å². The first kappa shape index (κ1) is 21.0. The lowest BCUT2D eigenvalue weighted by Crippen LogP contribution is -2.51. The minimum absolute atomic E-state index is 0.137. The number of hydrogen-bond donors (Lipinski definition) is 1. The lowest BCUT2D eigenvalue weighted by molar-refractivity contribution is -0.157. The topological polar surface area (TPSA) is 57.2 Å². The highest BCUT2D eigenvalue weighted by molar-refractivity contribution is 5.86. The SMILES string of the molecule is CN=C(NCC(=O)N(C)CC(F)(F)F)N1CCOC(c2ccccc2C)C1. The number of halogens is 3. The Balaban J connectivity index is 1.95. The number of carbonyl (C=O) groups is 1. The van der Waals surface area contributed by atoms with Crippen molar-refractivity contribution in [2.24, 2.45) is 4.99 Å². The molecule has 0 bridgehead atoms. The second-order valence-electron chi connectivity index (χ2n) is 6.43. The molecule has 0 saturated carbocycles. The van der Waals surface area contributed by atoms with Crippen LogP contribution in [0.15, 0.2) is 29.3 Å². The summed E-state index contributed by atoms with van der Waals surface area (Å²) >= 11 is 0. The first-order valence-corrected chi connectivity index (χ1v) is 8.64. The fourth-order valence-electron chi connectivity index (χ4n) is 2.96. The van der Waals surface area contributed by atoms with E-state index in [9.17, 15) is 18.0 Å². The lowest BCUT2D eigenvalue weighted by atomic mass is 10.0. The lowest BCUT2D eigenvalue weighted by Gasteiger charge is -2.35. The second-order valence-corrected chi connectivity index (χ2v) is 6.43.